The second-order valence-electron chi connectivity index (χ2n) is 4.99. The monoisotopic (exact) mass is 359 g/mol. The molecule has 0 saturated heterocycles. The summed E-state index contributed by atoms with van der Waals surface area (Å²) in [4.78, 5) is 22.4. The van der Waals surface area contributed by atoms with Crippen LogP contribution in [0.25, 0.3) is 5.78 Å². The Kier molecular flexibility index (Phi) is 3.89. The Bertz CT molecular complexity index is 845. The Balaban J connectivity index is 1.86. The van der Waals surface area contributed by atoms with Crippen molar-refractivity contribution >= 4 is 27.6 Å². The lowest BCUT2D eigenvalue weighted by Gasteiger charge is -2.16. The summed E-state index contributed by atoms with van der Waals surface area (Å²) in [5.41, 5.74) is 1.90. The Morgan fingerprint density at radius 2 is 2.09 bits per heavy atom. The van der Waals surface area contributed by atoms with Crippen LogP contribution in [0.3, 0.4) is 0 Å². The lowest BCUT2D eigenvalue weighted by atomic mass is 10.2. The molecule has 7 heteroatoms. The molecule has 3 aromatic rings. The van der Waals surface area contributed by atoms with Crippen LogP contribution in [-0.2, 0) is 6.54 Å². The number of hydrogen-bond acceptors (Lipinski definition) is 4. The minimum absolute atomic E-state index is 0.149. The first-order valence-corrected chi connectivity index (χ1v) is 7.53. The highest BCUT2D eigenvalue weighted by Gasteiger charge is 2.19. The fourth-order valence-electron chi connectivity index (χ4n) is 2.12. The number of nitrogens with zero attached hydrogens (tertiary/aromatic N) is 5. The van der Waals surface area contributed by atoms with Crippen molar-refractivity contribution < 1.29 is 4.79 Å². The summed E-state index contributed by atoms with van der Waals surface area (Å²) in [6.07, 6.45) is 1.65. The smallest absolute Gasteiger partial charge is 0.293 e. The number of fused-ring (bicyclic) bond motifs is 1. The van der Waals surface area contributed by atoms with Gasteiger partial charge in [-0.3, -0.25) is 4.79 Å². The first kappa shape index (κ1) is 14.6. The molecule has 22 heavy (non-hydrogen) atoms. The highest BCUT2D eigenvalue weighted by molar-refractivity contribution is 9.10. The minimum Gasteiger partial charge on any atom is -0.335 e. The number of carbonyl (C=O) groups is 1. The van der Waals surface area contributed by atoms with Crippen molar-refractivity contribution in [2.45, 2.75) is 13.5 Å². The third-order valence-electron chi connectivity index (χ3n) is 3.33. The van der Waals surface area contributed by atoms with Gasteiger partial charge in [0.2, 0.25) is 5.82 Å². The molecule has 0 N–H and O–H groups in total. The standard InChI is InChI=1S/C15H14BrN5O/c1-10-7-8-17-15-18-13(19-21(10)15)14(22)20(2)9-11-5-3-4-6-12(11)16/h3-8H,9H2,1-2H3. The molecule has 0 aliphatic rings. The number of halogens is 1. The van der Waals surface area contributed by atoms with Gasteiger partial charge in [0, 0.05) is 30.0 Å². The Morgan fingerprint density at radius 3 is 2.82 bits per heavy atom. The van der Waals surface area contributed by atoms with Gasteiger partial charge >= 0.3 is 0 Å². The quantitative estimate of drug-likeness (QED) is 0.720. The van der Waals surface area contributed by atoms with Crippen LogP contribution in [0.15, 0.2) is 41.0 Å². The zero-order valence-electron chi connectivity index (χ0n) is 12.2. The molecule has 0 bridgehead atoms. The van der Waals surface area contributed by atoms with E-state index in [-0.39, 0.29) is 11.7 Å². The largest absolute Gasteiger partial charge is 0.335 e. The number of rotatable bonds is 3. The van der Waals surface area contributed by atoms with E-state index in [2.05, 4.69) is 31.0 Å². The molecule has 0 radical (unpaired) electrons. The Morgan fingerprint density at radius 1 is 1.32 bits per heavy atom. The molecule has 2 heterocycles. The summed E-state index contributed by atoms with van der Waals surface area (Å²) in [6.45, 7) is 2.37. The summed E-state index contributed by atoms with van der Waals surface area (Å²) >= 11 is 3.48. The maximum atomic E-state index is 12.5. The van der Waals surface area contributed by atoms with Crippen molar-refractivity contribution in [1.82, 2.24) is 24.5 Å². The van der Waals surface area contributed by atoms with Gasteiger partial charge in [-0.1, -0.05) is 34.1 Å². The molecule has 2 aromatic heterocycles. The van der Waals surface area contributed by atoms with Crippen LogP contribution in [0, 0.1) is 6.92 Å². The zero-order chi connectivity index (χ0) is 15.7. The van der Waals surface area contributed by atoms with Crippen LogP contribution in [0.1, 0.15) is 21.9 Å². The third kappa shape index (κ3) is 2.71. The molecule has 0 saturated carbocycles. The molecule has 0 aliphatic carbocycles. The summed E-state index contributed by atoms with van der Waals surface area (Å²) in [5.74, 6) is 0.342. The van der Waals surface area contributed by atoms with Crippen LogP contribution in [-0.4, -0.2) is 37.4 Å². The molecular formula is C15H14BrN5O. The van der Waals surface area contributed by atoms with Crippen molar-refractivity contribution in [2.24, 2.45) is 0 Å². The van der Waals surface area contributed by atoms with Gasteiger partial charge in [-0.2, -0.15) is 4.98 Å². The molecule has 0 fully saturated rings. The molecule has 3 rings (SSSR count). The number of amides is 1. The van der Waals surface area contributed by atoms with Gasteiger partial charge in [-0.05, 0) is 24.6 Å². The van der Waals surface area contributed by atoms with E-state index in [4.69, 9.17) is 0 Å². The Hall–Kier alpha value is -2.28. The molecule has 1 amide bonds. The molecule has 0 atom stereocenters. The fourth-order valence-corrected chi connectivity index (χ4v) is 2.53. The van der Waals surface area contributed by atoms with Crippen LogP contribution in [0.2, 0.25) is 0 Å². The van der Waals surface area contributed by atoms with Crippen LogP contribution < -0.4 is 0 Å². The third-order valence-corrected chi connectivity index (χ3v) is 4.11. The van der Waals surface area contributed by atoms with Crippen LogP contribution >= 0.6 is 15.9 Å². The van der Waals surface area contributed by atoms with E-state index < -0.39 is 0 Å². The fraction of sp³-hybridized carbons (Fsp3) is 0.200. The van der Waals surface area contributed by atoms with Crippen molar-refractivity contribution in [3.8, 4) is 0 Å². The number of carbonyl (C=O) groups excluding carboxylic acids is 1. The number of aryl methyl sites for hydroxylation is 1. The van der Waals surface area contributed by atoms with E-state index >= 15 is 0 Å². The highest BCUT2D eigenvalue weighted by Crippen LogP contribution is 2.18. The molecule has 6 nitrogen and oxygen atoms in total. The average Bonchev–Trinajstić information content (AvgIpc) is 2.94. The van der Waals surface area contributed by atoms with Gasteiger partial charge < -0.3 is 4.90 Å². The SMILES string of the molecule is Cc1ccnc2nc(C(=O)N(C)Cc3ccccc3Br)nn12. The topological polar surface area (TPSA) is 63.4 Å². The summed E-state index contributed by atoms with van der Waals surface area (Å²) in [5, 5.41) is 4.24. The first-order chi connectivity index (χ1) is 10.6. The van der Waals surface area contributed by atoms with E-state index in [1.165, 1.54) is 0 Å². The normalized spacial score (nSPS) is 10.9. The second kappa shape index (κ2) is 5.84. The average molecular weight is 360 g/mol. The van der Waals surface area contributed by atoms with Crippen molar-refractivity contribution in [3.05, 3.63) is 58.1 Å². The highest BCUT2D eigenvalue weighted by atomic mass is 79.9. The predicted molar refractivity (Wildman–Crippen MR) is 85.5 cm³/mol. The lowest BCUT2D eigenvalue weighted by molar-refractivity contribution is 0.0773. The van der Waals surface area contributed by atoms with Gasteiger partial charge in [-0.15, -0.1) is 5.10 Å². The van der Waals surface area contributed by atoms with Crippen molar-refractivity contribution in [1.29, 1.82) is 0 Å². The number of aromatic nitrogens is 4. The van der Waals surface area contributed by atoms with E-state index in [0.29, 0.717) is 12.3 Å². The van der Waals surface area contributed by atoms with Gasteiger partial charge in [0.05, 0.1) is 0 Å². The van der Waals surface area contributed by atoms with E-state index in [1.54, 1.807) is 22.7 Å². The molecule has 1 aromatic carbocycles. The summed E-state index contributed by atoms with van der Waals surface area (Å²) < 4.78 is 2.54. The Labute approximate surface area is 135 Å². The molecule has 0 spiro atoms. The van der Waals surface area contributed by atoms with Gasteiger partial charge in [-0.25, -0.2) is 9.50 Å². The van der Waals surface area contributed by atoms with E-state index in [0.717, 1.165) is 15.7 Å². The van der Waals surface area contributed by atoms with Crippen molar-refractivity contribution in [2.75, 3.05) is 7.05 Å². The summed E-state index contributed by atoms with van der Waals surface area (Å²) in [7, 11) is 1.73. The molecule has 112 valence electrons. The van der Waals surface area contributed by atoms with Gasteiger partial charge in [0.15, 0.2) is 0 Å². The molecular weight excluding hydrogens is 346 g/mol. The predicted octanol–water partition coefficient (Wildman–Crippen LogP) is 2.47. The van der Waals surface area contributed by atoms with Crippen molar-refractivity contribution in [3.63, 3.8) is 0 Å². The molecule has 0 unspecified atom stereocenters. The van der Waals surface area contributed by atoms with Crippen LogP contribution in [0.5, 0.6) is 0 Å². The van der Waals surface area contributed by atoms with Gasteiger partial charge in [0.25, 0.3) is 11.7 Å². The number of benzene rings is 1. The maximum Gasteiger partial charge on any atom is 0.293 e. The van der Waals surface area contributed by atoms with Crippen LogP contribution in [0.4, 0.5) is 0 Å². The second-order valence-corrected chi connectivity index (χ2v) is 5.84. The minimum atomic E-state index is -0.236. The number of hydrogen-bond donors (Lipinski definition) is 0. The van der Waals surface area contributed by atoms with Gasteiger partial charge in [0.1, 0.15) is 0 Å². The lowest BCUT2D eigenvalue weighted by Crippen LogP contribution is -2.27. The van der Waals surface area contributed by atoms with E-state index in [1.807, 2.05) is 37.3 Å². The summed E-state index contributed by atoms with van der Waals surface area (Å²) in [6, 6.07) is 9.61. The maximum absolute atomic E-state index is 12.5. The molecule has 0 aliphatic heterocycles. The zero-order valence-corrected chi connectivity index (χ0v) is 13.8. The first-order valence-electron chi connectivity index (χ1n) is 6.73. The van der Waals surface area contributed by atoms with E-state index in [9.17, 15) is 4.79 Å².